The number of anilines is 2. The van der Waals surface area contributed by atoms with Gasteiger partial charge < -0.3 is 16.0 Å². The lowest BCUT2D eigenvalue weighted by Gasteiger charge is -2.35. The van der Waals surface area contributed by atoms with E-state index in [1.807, 2.05) is 19.1 Å². The second-order valence-electron chi connectivity index (χ2n) is 6.96. The highest BCUT2D eigenvalue weighted by molar-refractivity contribution is 5.79. The quantitative estimate of drug-likeness (QED) is 0.603. The van der Waals surface area contributed by atoms with Crippen LogP contribution in [0.2, 0.25) is 0 Å². The second-order valence-corrected chi connectivity index (χ2v) is 6.96. The van der Waals surface area contributed by atoms with E-state index in [2.05, 4.69) is 16.3 Å². The Labute approximate surface area is 158 Å². The molecule has 3 rings (SSSR count). The third-order valence-corrected chi connectivity index (χ3v) is 4.90. The average molecular weight is 368 g/mol. The SMILES string of the molecule is Cc1ccc(CC(N)=O)c(N2CCC(Nc3ccccc3[N+](=O)[O-])CC2)c1. The van der Waals surface area contributed by atoms with Crippen LogP contribution in [-0.2, 0) is 11.2 Å². The number of nitrogens with one attached hydrogen (secondary N) is 1. The number of carbonyl (C=O) groups is 1. The first kappa shape index (κ1) is 18.7. The van der Waals surface area contributed by atoms with Crippen molar-refractivity contribution in [2.75, 3.05) is 23.3 Å². The fourth-order valence-corrected chi connectivity index (χ4v) is 3.54. The fourth-order valence-electron chi connectivity index (χ4n) is 3.54. The number of nitro groups is 1. The summed E-state index contributed by atoms with van der Waals surface area (Å²) < 4.78 is 0. The molecular weight excluding hydrogens is 344 g/mol. The zero-order chi connectivity index (χ0) is 19.4. The van der Waals surface area contributed by atoms with Gasteiger partial charge in [0.2, 0.25) is 5.91 Å². The van der Waals surface area contributed by atoms with Gasteiger partial charge in [-0.3, -0.25) is 14.9 Å². The number of hydrogen-bond donors (Lipinski definition) is 2. The number of primary amides is 1. The summed E-state index contributed by atoms with van der Waals surface area (Å²) in [5.74, 6) is -0.340. The Morgan fingerprint density at radius 2 is 1.96 bits per heavy atom. The number of para-hydroxylation sites is 2. The molecule has 0 saturated carbocycles. The average Bonchev–Trinajstić information content (AvgIpc) is 2.64. The summed E-state index contributed by atoms with van der Waals surface area (Å²) in [6.07, 6.45) is 1.94. The maximum atomic E-state index is 11.4. The van der Waals surface area contributed by atoms with Crippen LogP contribution in [0.15, 0.2) is 42.5 Å². The van der Waals surface area contributed by atoms with Crippen LogP contribution >= 0.6 is 0 Å². The maximum absolute atomic E-state index is 11.4. The summed E-state index contributed by atoms with van der Waals surface area (Å²) in [4.78, 5) is 24.5. The Balaban J connectivity index is 1.69. The first-order chi connectivity index (χ1) is 12.9. The standard InChI is InChI=1S/C20H24N4O3/c1-14-6-7-15(13-20(21)25)19(12-14)23-10-8-16(9-11-23)22-17-4-2-3-5-18(17)24(26)27/h2-7,12,16,22H,8-11,13H2,1H3,(H2,21,25). The smallest absolute Gasteiger partial charge is 0.292 e. The van der Waals surface area contributed by atoms with Gasteiger partial charge in [-0.05, 0) is 43.0 Å². The topological polar surface area (TPSA) is 102 Å². The lowest BCUT2D eigenvalue weighted by Crippen LogP contribution is -2.39. The van der Waals surface area contributed by atoms with E-state index in [1.54, 1.807) is 18.2 Å². The van der Waals surface area contributed by atoms with Crippen LogP contribution in [0.5, 0.6) is 0 Å². The lowest BCUT2D eigenvalue weighted by atomic mass is 10.00. The van der Waals surface area contributed by atoms with Crippen molar-refractivity contribution in [3.63, 3.8) is 0 Å². The molecule has 0 atom stereocenters. The van der Waals surface area contributed by atoms with Crippen LogP contribution < -0.4 is 16.0 Å². The van der Waals surface area contributed by atoms with Gasteiger partial charge in [-0.1, -0.05) is 24.3 Å². The summed E-state index contributed by atoms with van der Waals surface area (Å²) in [6, 6.07) is 13.0. The van der Waals surface area contributed by atoms with Gasteiger partial charge in [0.05, 0.1) is 11.3 Å². The molecule has 0 aliphatic carbocycles. The van der Waals surface area contributed by atoms with Crippen LogP contribution in [0.3, 0.4) is 0 Å². The van der Waals surface area contributed by atoms with Crippen molar-refractivity contribution in [2.45, 2.75) is 32.2 Å². The van der Waals surface area contributed by atoms with Gasteiger partial charge in [0.25, 0.3) is 5.69 Å². The van der Waals surface area contributed by atoms with Crippen molar-refractivity contribution in [3.05, 3.63) is 63.7 Å². The van der Waals surface area contributed by atoms with E-state index < -0.39 is 0 Å². The summed E-state index contributed by atoms with van der Waals surface area (Å²) in [6.45, 7) is 3.65. The van der Waals surface area contributed by atoms with Gasteiger partial charge in [0, 0.05) is 30.9 Å². The van der Waals surface area contributed by atoms with Crippen LogP contribution in [0.4, 0.5) is 17.1 Å². The molecule has 1 fully saturated rings. The molecule has 3 N–H and O–H groups in total. The van der Waals surface area contributed by atoms with E-state index in [9.17, 15) is 14.9 Å². The monoisotopic (exact) mass is 368 g/mol. The van der Waals surface area contributed by atoms with Crippen molar-refractivity contribution in [1.82, 2.24) is 0 Å². The molecule has 7 nitrogen and oxygen atoms in total. The number of aryl methyl sites for hydroxylation is 1. The minimum atomic E-state index is -0.361. The Morgan fingerprint density at radius 3 is 2.63 bits per heavy atom. The highest BCUT2D eigenvalue weighted by Gasteiger charge is 2.23. The molecule has 27 heavy (non-hydrogen) atoms. The normalized spacial score (nSPS) is 14.8. The first-order valence-electron chi connectivity index (χ1n) is 9.07. The van der Waals surface area contributed by atoms with Gasteiger partial charge >= 0.3 is 0 Å². The number of nitro benzene ring substituents is 1. The molecule has 1 aliphatic heterocycles. The first-order valence-corrected chi connectivity index (χ1v) is 9.07. The van der Waals surface area contributed by atoms with Crippen LogP contribution in [0, 0.1) is 17.0 Å². The number of carbonyl (C=O) groups excluding carboxylic acids is 1. The van der Waals surface area contributed by atoms with Gasteiger partial charge in [-0.25, -0.2) is 0 Å². The molecule has 1 heterocycles. The molecule has 0 bridgehead atoms. The van der Waals surface area contributed by atoms with E-state index in [1.165, 1.54) is 6.07 Å². The number of piperidine rings is 1. The Kier molecular flexibility index (Phi) is 5.59. The lowest BCUT2D eigenvalue weighted by molar-refractivity contribution is -0.384. The zero-order valence-electron chi connectivity index (χ0n) is 15.4. The van der Waals surface area contributed by atoms with Gasteiger partial charge in [-0.15, -0.1) is 0 Å². The zero-order valence-corrected chi connectivity index (χ0v) is 15.4. The molecule has 142 valence electrons. The molecule has 1 aliphatic rings. The van der Waals surface area contributed by atoms with Gasteiger partial charge in [0.15, 0.2) is 0 Å². The number of amides is 1. The van der Waals surface area contributed by atoms with Crippen LogP contribution in [0.1, 0.15) is 24.0 Å². The predicted octanol–water partition coefficient (Wildman–Crippen LogP) is 3.01. The number of hydrogen-bond acceptors (Lipinski definition) is 5. The number of rotatable bonds is 6. The molecule has 0 radical (unpaired) electrons. The Bertz CT molecular complexity index is 845. The third kappa shape index (κ3) is 4.55. The maximum Gasteiger partial charge on any atom is 0.292 e. The van der Waals surface area contributed by atoms with E-state index in [0.29, 0.717) is 5.69 Å². The number of nitrogens with two attached hydrogens (primary N) is 1. The molecule has 0 unspecified atom stereocenters. The minimum absolute atomic E-state index is 0.0994. The van der Waals surface area contributed by atoms with E-state index in [-0.39, 0.29) is 29.0 Å². The van der Waals surface area contributed by atoms with Crippen molar-refractivity contribution in [1.29, 1.82) is 0 Å². The summed E-state index contributed by atoms with van der Waals surface area (Å²) in [5.41, 5.74) is 9.18. The molecule has 7 heteroatoms. The third-order valence-electron chi connectivity index (χ3n) is 4.90. The van der Waals surface area contributed by atoms with E-state index >= 15 is 0 Å². The van der Waals surface area contributed by atoms with Crippen LogP contribution in [0.25, 0.3) is 0 Å². The highest BCUT2D eigenvalue weighted by Crippen LogP contribution is 2.29. The number of nitrogens with zero attached hydrogens (tertiary/aromatic N) is 2. The summed E-state index contributed by atoms with van der Waals surface area (Å²) >= 11 is 0. The predicted molar refractivity (Wildman–Crippen MR) is 106 cm³/mol. The van der Waals surface area contributed by atoms with Crippen LogP contribution in [-0.4, -0.2) is 30.0 Å². The fraction of sp³-hybridized carbons (Fsp3) is 0.350. The largest absolute Gasteiger partial charge is 0.377 e. The number of benzene rings is 2. The highest BCUT2D eigenvalue weighted by atomic mass is 16.6. The minimum Gasteiger partial charge on any atom is -0.377 e. The Hall–Kier alpha value is -3.09. The van der Waals surface area contributed by atoms with E-state index in [0.717, 1.165) is 42.7 Å². The van der Waals surface area contributed by atoms with Crippen molar-refractivity contribution >= 4 is 23.0 Å². The molecule has 2 aromatic rings. The summed E-state index contributed by atoms with van der Waals surface area (Å²) in [5, 5.41) is 14.5. The van der Waals surface area contributed by atoms with Crippen molar-refractivity contribution in [3.8, 4) is 0 Å². The molecule has 1 saturated heterocycles. The molecule has 2 aromatic carbocycles. The molecular formula is C20H24N4O3. The van der Waals surface area contributed by atoms with Crippen molar-refractivity contribution < 1.29 is 9.72 Å². The Morgan fingerprint density at radius 1 is 1.26 bits per heavy atom. The molecule has 0 spiro atoms. The van der Waals surface area contributed by atoms with Gasteiger partial charge in [-0.2, -0.15) is 0 Å². The van der Waals surface area contributed by atoms with Gasteiger partial charge in [0.1, 0.15) is 5.69 Å². The molecule has 1 amide bonds. The second kappa shape index (κ2) is 8.07. The van der Waals surface area contributed by atoms with Crippen molar-refractivity contribution in [2.24, 2.45) is 5.73 Å². The summed E-state index contributed by atoms with van der Waals surface area (Å²) in [7, 11) is 0. The van der Waals surface area contributed by atoms with E-state index in [4.69, 9.17) is 5.73 Å². The molecule has 0 aromatic heterocycles.